The van der Waals surface area contributed by atoms with Crippen molar-refractivity contribution < 1.29 is 5.11 Å². The second kappa shape index (κ2) is 11.9. The van der Waals surface area contributed by atoms with Crippen LogP contribution >= 0.6 is 7.26 Å². The Morgan fingerprint density at radius 2 is 1.13 bits per heavy atom. The monoisotopic (exact) mass is 337 g/mol. The summed E-state index contributed by atoms with van der Waals surface area (Å²) in [7, 11) is -1.23. The smallest absolute Gasteiger partial charge is 0.157 e. The Morgan fingerprint density at radius 3 is 1.52 bits per heavy atom. The van der Waals surface area contributed by atoms with Gasteiger partial charge in [0.05, 0.1) is 25.7 Å². The number of hydrogen-bond donors (Lipinski definition) is 1. The Labute approximate surface area is 145 Å². The largest absolute Gasteiger partial charge is 0.504 e. The Morgan fingerprint density at radius 1 is 0.696 bits per heavy atom. The van der Waals surface area contributed by atoms with E-state index in [1.165, 1.54) is 81.6 Å². The van der Waals surface area contributed by atoms with Gasteiger partial charge in [-0.05, 0) is 31.4 Å². The summed E-state index contributed by atoms with van der Waals surface area (Å²) in [5.74, 6) is 0.560. The number of para-hydroxylation sites is 1. The highest BCUT2D eigenvalue weighted by molar-refractivity contribution is 7.83. The van der Waals surface area contributed by atoms with E-state index >= 15 is 0 Å². The number of hydrogen-bond acceptors (Lipinski definition) is 1. The van der Waals surface area contributed by atoms with Crippen molar-refractivity contribution in [3.05, 3.63) is 24.3 Å². The molecule has 0 bridgehead atoms. The third-order valence-electron chi connectivity index (χ3n) is 4.96. The highest BCUT2D eigenvalue weighted by Gasteiger charge is 2.40. The van der Waals surface area contributed by atoms with Crippen LogP contribution in [-0.2, 0) is 0 Å². The fraction of sp³-hybridized carbons (Fsp3) is 0.714. The highest BCUT2D eigenvalue weighted by atomic mass is 31.2. The van der Waals surface area contributed by atoms with Crippen LogP contribution in [0.3, 0.4) is 0 Å². The van der Waals surface area contributed by atoms with E-state index in [2.05, 4.69) is 32.9 Å². The molecule has 0 aromatic heterocycles. The van der Waals surface area contributed by atoms with Gasteiger partial charge in [0.15, 0.2) is 5.75 Å². The van der Waals surface area contributed by atoms with E-state index in [4.69, 9.17) is 0 Å². The van der Waals surface area contributed by atoms with Crippen LogP contribution in [0.25, 0.3) is 0 Å². The molecular formula is C21H38OP+. The zero-order chi connectivity index (χ0) is 17.0. The number of rotatable bonds is 13. The van der Waals surface area contributed by atoms with Gasteiger partial charge in [0.2, 0.25) is 0 Å². The lowest BCUT2D eigenvalue weighted by atomic mass is 10.3. The van der Waals surface area contributed by atoms with Crippen molar-refractivity contribution in [3.63, 3.8) is 0 Å². The zero-order valence-corrected chi connectivity index (χ0v) is 16.6. The maximum Gasteiger partial charge on any atom is 0.157 e. The maximum absolute atomic E-state index is 10.5. The van der Waals surface area contributed by atoms with Crippen molar-refractivity contribution in [2.45, 2.75) is 78.6 Å². The zero-order valence-electron chi connectivity index (χ0n) is 15.7. The van der Waals surface area contributed by atoms with Gasteiger partial charge in [-0.2, -0.15) is 0 Å². The van der Waals surface area contributed by atoms with Crippen molar-refractivity contribution in [1.29, 1.82) is 0 Å². The molecule has 0 saturated carbocycles. The van der Waals surface area contributed by atoms with Gasteiger partial charge in [-0.1, -0.05) is 71.4 Å². The van der Waals surface area contributed by atoms with Crippen molar-refractivity contribution in [2.75, 3.05) is 18.5 Å². The molecule has 132 valence electrons. The molecule has 0 radical (unpaired) electrons. The summed E-state index contributed by atoms with van der Waals surface area (Å²) in [5, 5.41) is 11.9. The predicted molar refractivity (Wildman–Crippen MR) is 108 cm³/mol. The number of aromatic hydroxyl groups is 1. The SMILES string of the molecule is CCCCC[P+](CCCCC)(CCCCC)c1ccccc1O. The van der Waals surface area contributed by atoms with Gasteiger partial charge in [0.25, 0.3) is 0 Å². The Hall–Kier alpha value is -0.550. The van der Waals surface area contributed by atoms with Crippen LogP contribution in [0.2, 0.25) is 0 Å². The molecule has 0 atom stereocenters. The first-order chi connectivity index (χ1) is 11.2. The second-order valence-corrected chi connectivity index (χ2v) is 11.0. The molecule has 0 amide bonds. The van der Waals surface area contributed by atoms with E-state index in [-0.39, 0.29) is 0 Å². The van der Waals surface area contributed by atoms with Gasteiger partial charge in [0, 0.05) is 0 Å². The first-order valence-electron chi connectivity index (χ1n) is 9.84. The van der Waals surface area contributed by atoms with Crippen LogP contribution in [-0.4, -0.2) is 23.6 Å². The summed E-state index contributed by atoms with van der Waals surface area (Å²) in [4.78, 5) is 0. The molecule has 23 heavy (non-hydrogen) atoms. The Balaban J connectivity index is 3.01. The van der Waals surface area contributed by atoms with E-state index in [0.717, 1.165) is 0 Å². The van der Waals surface area contributed by atoms with Gasteiger partial charge < -0.3 is 5.11 Å². The van der Waals surface area contributed by atoms with Gasteiger partial charge in [-0.15, -0.1) is 0 Å². The molecule has 0 fully saturated rings. The third-order valence-corrected chi connectivity index (χ3v) is 9.88. The Bertz CT molecular complexity index is 390. The number of unbranched alkanes of at least 4 members (excludes halogenated alkanes) is 6. The fourth-order valence-electron chi connectivity index (χ4n) is 3.56. The summed E-state index contributed by atoms with van der Waals surface area (Å²) in [6, 6.07) is 8.23. The highest BCUT2D eigenvalue weighted by Crippen LogP contribution is 2.61. The quantitative estimate of drug-likeness (QED) is 0.317. The van der Waals surface area contributed by atoms with Crippen molar-refractivity contribution in [2.24, 2.45) is 0 Å². The molecule has 0 aliphatic carbocycles. The van der Waals surface area contributed by atoms with E-state index < -0.39 is 7.26 Å². The van der Waals surface area contributed by atoms with Gasteiger partial charge >= 0.3 is 0 Å². The van der Waals surface area contributed by atoms with E-state index in [0.29, 0.717) is 5.75 Å². The average Bonchev–Trinajstić information content (AvgIpc) is 2.55. The molecule has 2 heteroatoms. The van der Waals surface area contributed by atoms with Gasteiger partial charge in [-0.25, -0.2) is 0 Å². The van der Waals surface area contributed by atoms with Crippen molar-refractivity contribution in [1.82, 2.24) is 0 Å². The molecule has 0 aliphatic rings. The Kier molecular flexibility index (Phi) is 10.6. The summed E-state index contributed by atoms with van der Waals surface area (Å²) >= 11 is 0. The first-order valence-corrected chi connectivity index (χ1v) is 12.2. The molecule has 0 spiro atoms. The molecule has 1 rings (SSSR count). The lowest BCUT2D eigenvalue weighted by Gasteiger charge is -2.28. The minimum absolute atomic E-state index is 0.560. The van der Waals surface area contributed by atoms with Crippen LogP contribution in [0.15, 0.2) is 24.3 Å². The van der Waals surface area contributed by atoms with E-state index in [1.807, 2.05) is 12.1 Å². The standard InChI is InChI=1S/C21H37OP/c1-4-7-12-17-23(18-13-8-5-2,19-14-9-6-3)21-16-11-10-15-20(21)22/h10-11,15-16H,4-9,12-14,17-19H2,1-3H3/p+1. The molecular weight excluding hydrogens is 299 g/mol. The minimum atomic E-state index is -1.23. The number of benzene rings is 1. The van der Waals surface area contributed by atoms with Crippen molar-refractivity contribution in [3.8, 4) is 5.75 Å². The molecule has 0 heterocycles. The first kappa shape index (κ1) is 20.5. The minimum Gasteiger partial charge on any atom is -0.504 e. The van der Waals surface area contributed by atoms with Crippen LogP contribution in [0.1, 0.15) is 78.6 Å². The molecule has 0 aliphatic heterocycles. The van der Waals surface area contributed by atoms with Crippen LogP contribution in [0, 0.1) is 0 Å². The summed E-state index contributed by atoms with van der Waals surface area (Å²) in [6.45, 7) is 6.86. The lowest BCUT2D eigenvalue weighted by molar-refractivity contribution is 0.479. The third kappa shape index (κ3) is 6.84. The molecule has 1 aromatic carbocycles. The molecule has 1 N–H and O–H groups in total. The summed E-state index contributed by atoms with van der Waals surface area (Å²) in [6.07, 6.45) is 15.8. The molecule has 0 unspecified atom stereocenters. The average molecular weight is 338 g/mol. The van der Waals surface area contributed by atoms with Gasteiger partial charge in [0.1, 0.15) is 5.30 Å². The summed E-state index contributed by atoms with van der Waals surface area (Å²) < 4.78 is 0. The molecule has 1 aromatic rings. The number of phenols is 1. The van der Waals surface area contributed by atoms with Crippen molar-refractivity contribution >= 4 is 12.6 Å². The number of phenolic OH excluding ortho intramolecular Hbond substituents is 1. The molecule has 0 saturated heterocycles. The lowest BCUT2D eigenvalue weighted by Crippen LogP contribution is -2.21. The van der Waals surface area contributed by atoms with Crippen LogP contribution < -0.4 is 5.30 Å². The predicted octanol–water partition coefficient (Wildman–Crippen LogP) is 6.61. The van der Waals surface area contributed by atoms with E-state index in [9.17, 15) is 5.11 Å². The second-order valence-electron chi connectivity index (χ2n) is 6.93. The topological polar surface area (TPSA) is 20.2 Å². The molecule has 1 nitrogen and oxygen atoms in total. The van der Waals surface area contributed by atoms with Crippen LogP contribution in [0.4, 0.5) is 0 Å². The normalized spacial score (nSPS) is 11.8. The van der Waals surface area contributed by atoms with Gasteiger partial charge in [-0.3, -0.25) is 0 Å². The van der Waals surface area contributed by atoms with Crippen LogP contribution in [0.5, 0.6) is 5.75 Å². The maximum atomic E-state index is 10.5. The fourth-order valence-corrected chi connectivity index (χ4v) is 8.40. The van der Waals surface area contributed by atoms with E-state index in [1.54, 1.807) is 0 Å². The summed E-state index contributed by atoms with van der Waals surface area (Å²) in [5.41, 5.74) is 0.